The van der Waals surface area contributed by atoms with Crippen molar-refractivity contribution in [2.24, 2.45) is 0 Å². The van der Waals surface area contributed by atoms with Crippen molar-refractivity contribution in [3.05, 3.63) is 71.6 Å². The largest absolute Gasteiger partial charge is 0.342 e. The van der Waals surface area contributed by atoms with E-state index in [1.54, 1.807) is 17.5 Å². The molecule has 4 rings (SSSR count). The van der Waals surface area contributed by atoms with E-state index in [9.17, 15) is 19.1 Å². The first kappa shape index (κ1) is 18.9. The summed E-state index contributed by atoms with van der Waals surface area (Å²) in [7, 11) is -2.83. The average Bonchev–Trinajstić information content (AvgIpc) is 3.03. The molecule has 0 aliphatic rings. The molecule has 0 saturated heterocycles. The van der Waals surface area contributed by atoms with Gasteiger partial charge in [0.25, 0.3) is 0 Å². The zero-order valence-corrected chi connectivity index (χ0v) is 16.7. The Morgan fingerprint density at radius 3 is 2.54 bits per heavy atom. The Kier molecular flexibility index (Phi) is 4.85. The van der Waals surface area contributed by atoms with Gasteiger partial charge in [-0.25, -0.2) is 0 Å². The molecule has 8 heteroatoms. The lowest BCUT2D eigenvalue weighted by atomic mass is 9.94. The Bertz CT molecular complexity index is 1250. The van der Waals surface area contributed by atoms with Crippen LogP contribution >= 0.6 is 18.9 Å². The van der Waals surface area contributed by atoms with Gasteiger partial charge in [-0.3, -0.25) is 9.36 Å². The maximum absolute atomic E-state index is 12.9. The fourth-order valence-corrected chi connectivity index (χ4v) is 5.34. The Labute approximate surface area is 166 Å². The highest BCUT2D eigenvalue weighted by Crippen LogP contribution is 2.54. The molecule has 28 heavy (non-hydrogen) atoms. The summed E-state index contributed by atoms with van der Waals surface area (Å²) in [5, 5.41) is 7.00. The average molecular weight is 409 g/mol. The maximum atomic E-state index is 12.9. The molecule has 0 aliphatic heterocycles. The second-order valence-electron chi connectivity index (χ2n) is 6.73. The molecule has 1 unspecified atom stereocenters. The van der Waals surface area contributed by atoms with Crippen molar-refractivity contribution in [2.75, 3.05) is 5.32 Å². The van der Waals surface area contributed by atoms with E-state index in [0.29, 0.717) is 16.6 Å². The molecule has 0 bridgehead atoms. The van der Waals surface area contributed by atoms with Crippen molar-refractivity contribution in [1.29, 1.82) is 0 Å². The molecule has 1 atom stereocenters. The molecule has 3 N–H and O–H groups in total. The number of thiophene rings is 1. The minimum Gasteiger partial charge on any atom is -0.325 e. The van der Waals surface area contributed by atoms with Gasteiger partial charge in [-0.15, -0.1) is 11.3 Å². The molecule has 1 amide bonds. The predicted molar refractivity (Wildman–Crippen MR) is 117 cm³/mol. The molecule has 0 fully saturated rings. The van der Waals surface area contributed by atoms with Gasteiger partial charge < -0.3 is 15.1 Å². The van der Waals surface area contributed by atoms with Crippen LogP contribution in [-0.2, 0) is 9.36 Å². The molecule has 0 radical (unpaired) electrons. The van der Waals surface area contributed by atoms with Crippen molar-refractivity contribution < 1.29 is 19.1 Å². The number of hydrogen-bond donors (Lipinski definition) is 3. The lowest BCUT2D eigenvalue weighted by molar-refractivity contribution is -0.116. The first-order chi connectivity index (χ1) is 13.3. The topological polar surface area (TPSA) is 86.6 Å². The number of carbonyl (C=O) groups excluding carboxylic acids is 1. The van der Waals surface area contributed by atoms with Gasteiger partial charge in [0.05, 0.1) is 0 Å². The lowest BCUT2D eigenvalue weighted by Crippen LogP contribution is -2.21. The van der Waals surface area contributed by atoms with Crippen LogP contribution in [0.15, 0.2) is 66.0 Å². The summed E-state index contributed by atoms with van der Waals surface area (Å²) in [6.07, 6.45) is 0. The molecule has 0 spiro atoms. The minimum atomic E-state index is -4.73. The maximum Gasteiger partial charge on any atom is 0.342 e. The third-order valence-electron chi connectivity index (χ3n) is 4.66. The van der Waals surface area contributed by atoms with Crippen LogP contribution in [0.4, 0.5) is 5.69 Å². The van der Waals surface area contributed by atoms with E-state index < -0.39 is 19.2 Å². The van der Waals surface area contributed by atoms with Crippen molar-refractivity contribution in [2.45, 2.75) is 5.66 Å². The summed E-state index contributed by atoms with van der Waals surface area (Å²) in [6, 6.07) is 18.8. The van der Waals surface area contributed by atoms with Crippen LogP contribution in [0.3, 0.4) is 0 Å². The summed E-state index contributed by atoms with van der Waals surface area (Å²) in [5.41, 5.74) is 0.259. The lowest BCUT2D eigenvalue weighted by Gasteiger charge is -2.18. The molecule has 140 valence electrons. The van der Waals surface area contributed by atoms with Gasteiger partial charge in [0.2, 0.25) is 5.91 Å². The summed E-state index contributed by atoms with van der Waals surface area (Å²) in [6.45, 7) is 0. The van der Waals surface area contributed by atoms with Crippen LogP contribution in [0.25, 0.3) is 20.9 Å². The first-order valence-electron chi connectivity index (χ1n) is 8.65. The number of fused-ring (bicyclic) bond motifs is 2. The van der Waals surface area contributed by atoms with Gasteiger partial charge in [0.15, 0.2) is 5.66 Å². The number of hydrogen-bond acceptors (Lipinski definition) is 3. The van der Waals surface area contributed by atoms with Crippen LogP contribution in [0, 0.1) is 0 Å². The van der Waals surface area contributed by atoms with Crippen molar-refractivity contribution in [3.8, 4) is 0 Å². The minimum absolute atomic E-state index is 0.357. The Hall–Kier alpha value is -2.44. The Morgan fingerprint density at radius 1 is 1.04 bits per heavy atom. The molecule has 4 aromatic rings. The first-order valence-corrected chi connectivity index (χ1v) is 11.2. The Morgan fingerprint density at radius 2 is 1.79 bits per heavy atom. The molecule has 0 aliphatic carbocycles. The summed E-state index contributed by atoms with van der Waals surface area (Å²) < 4.78 is 13.1. The van der Waals surface area contributed by atoms with E-state index in [2.05, 4.69) is 5.32 Å². The standard InChI is InChI=1S/C20H17BNO4PS/c21-14-6-8-18-16(10-14)17(11-28-18)19(27(24,25)26)20(23)22-15-7-5-12-3-1-2-4-13(12)9-15/h1-11,19H,21H2,(H,22,23)(H2,24,25,26). The van der Waals surface area contributed by atoms with E-state index in [0.717, 1.165) is 20.9 Å². The van der Waals surface area contributed by atoms with Crippen LogP contribution in [0.2, 0.25) is 0 Å². The highest BCUT2D eigenvalue weighted by atomic mass is 32.1. The van der Waals surface area contributed by atoms with Gasteiger partial charge in [-0.1, -0.05) is 47.9 Å². The fraction of sp³-hybridized carbons (Fsp3) is 0.0500. The van der Waals surface area contributed by atoms with Crippen LogP contribution in [0.5, 0.6) is 0 Å². The fourth-order valence-electron chi connectivity index (χ4n) is 3.33. The van der Waals surface area contributed by atoms with Crippen molar-refractivity contribution in [1.82, 2.24) is 0 Å². The number of benzene rings is 3. The van der Waals surface area contributed by atoms with Crippen molar-refractivity contribution in [3.63, 3.8) is 0 Å². The van der Waals surface area contributed by atoms with E-state index in [4.69, 9.17) is 0 Å². The van der Waals surface area contributed by atoms with Gasteiger partial charge in [-0.2, -0.15) is 0 Å². The van der Waals surface area contributed by atoms with E-state index in [-0.39, 0.29) is 0 Å². The molecule has 5 nitrogen and oxygen atoms in total. The molecule has 0 saturated carbocycles. The summed E-state index contributed by atoms with van der Waals surface area (Å²) >= 11 is 1.37. The number of anilines is 1. The van der Waals surface area contributed by atoms with Crippen LogP contribution < -0.4 is 10.8 Å². The predicted octanol–water partition coefficient (Wildman–Crippen LogP) is 3.17. The third kappa shape index (κ3) is 3.62. The van der Waals surface area contributed by atoms with Gasteiger partial charge >= 0.3 is 7.60 Å². The zero-order valence-electron chi connectivity index (χ0n) is 15.0. The SMILES string of the molecule is Bc1ccc2scc(C(C(=O)Nc3ccc4ccccc4c3)P(=O)(O)O)c2c1. The van der Waals surface area contributed by atoms with E-state index in [1.165, 1.54) is 11.3 Å². The highest BCUT2D eigenvalue weighted by molar-refractivity contribution is 7.53. The van der Waals surface area contributed by atoms with E-state index in [1.807, 2.05) is 56.4 Å². The number of nitrogens with one attached hydrogen (secondary N) is 1. The number of amides is 1. The van der Waals surface area contributed by atoms with Crippen molar-refractivity contribution >= 4 is 64.7 Å². The quantitative estimate of drug-likeness (QED) is 0.357. The monoisotopic (exact) mass is 409 g/mol. The van der Waals surface area contributed by atoms with Gasteiger partial charge in [0.1, 0.15) is 7.85 Å². The highest BCUT2D eigenvalue weighted by Gasteiger charge is 2.39. The molecule has 3 aromatic carbocycles. The van der Waals surface area contributed by atoms with Crippen LogP contribution in [0.1, 0.15) is 11.2 Å². The van der Waals surface area contributed by atoms with E-state index >= 15 is 0 Å². The summed E-state index contributed by atoms with van der Waals surface area (Å²) in [4.78, 5) is 32.8. The molecule has 1 heterocycles. The normalized spacial score (nSPS) is 12.9. The van der Waals surface area contributed by atoms with Crippen LogP contribution in [-0.4, -0.2) is 23.5 Å². The molecule has 1 aromatic heterocycles. The second-order valence-corrected chi connectivity index (χ2v) is 9.34. The zero-order chi connectivity index (χ0) is 19.9. The number of carbonyl (C=O) groups is 1. The third-order valence-corrected chi connectivity index (χ3v) is 6.82. The summed E-state index contributed by atoms with van der Waals surface area (Å²) in [5.74, 6) is -0.718. The van der Waals surface area contributed by atoms with Gasteiger partial charge in [0, 0.05) is 10.4 Å². The smallest absolute Gasteiger partial charge is 0.325 e. The Balaban J connectivity index is 1.73. The van der Waals surface area contributed by atoms with Gasteiger partial charge in [-0.05, 0) is 45.3 Å². The molecular formula is C20H17BNO4PS. The second kappa shape index (κ2) is 7.19. The molecular weight excluding hydrogens is 392 g/mol. The number of rotatable bonds is 4.